The van der Waals surface area contributed by atoms with E-state index in [0.717, 1.165) is 11.3 Å². The van der Waals surface area contributed by atoms with E-state index in [-0.39, 0.29) is 5.37 Å². The molecule has 1 aromatic carbocycles. The topological polar surface area (TPSA) is 40.5 Å². The average Bonchev–Trinajstić information content (AvgIpc) is 2.84. The number of carboxylic acids is 1. The third-order valence-corrected chi connectivity index (χ3v) is 5.76. The van der Waals surface area contributed by atoms with Crippen LogP contribution in [0.5, 0.6) is 0 Å². The fourth-order valence-electron chi connectivity index (χ4n) is 2.11. The Labute approximate surface area is 133 Å². The number of aryl methyl sites for hydroxylation is 1. The molecule has 0 aliphatic carbocycles. The van der Waals surface area contributed by atoms with Gasteiger partial charge in [0.1, 0.15) is 15.7 Å². The smallest absolute Gasteiger partial charge is 0.327 e. The number of carboxylic acid groups (broad SMARTS) is 1. The maximum atomic E-state index is 11.4. The minimum atomic E-state index is -0.800. The summed E-state index contributed by atoms with van der Waals surface area (Å²) < 4.78 is 0.676. The molecule has 1 N–H and O–H groups in total. The van der Waals surface area contributed by atoms with Crippen molar-refractivity contribution in [3.05, 3.63) is 35.4 Å². The predicted octanol–water partition coefficient (Wildman–Crippen LogP) is 3.53. The summed E-state index contributed by atoms with van der Waals surface area (Å²) in [6.45, 7) is 4.07. The van der Waals surface area contributed by atoms with Crippen LogP contribution in [-0.2, 0) is 4.79 Å². The van der Waals surface area contributed by atoms with E-state index in [4.69, 9.17) is 12.2 Å². The lowest BCUT2D eigenvalue weighted by molar-refractivity contribution is -0.140. The van der Waals surface area contributed by atoms with E-state index in [0.29, 0.717) is 10.1 Å². The van der Waals surface area contributed by atoms with Crippen LogP contribution in [0.1, 0.15) is 23.4 Å². The number of nitrogens with zero attached hydrogens (tertiary/aromatic N) is 1. The molecule has 1 aliphatic rings. The molecule has 0 amide bonds. The molecular formula is C14H17NO2S3. The minimum Gasteiger partial charge on any atom is -0.480 e. The van der Waals surface area contributed by atoms with Crippen molar-refractivity contribution in [3.63, 3.8) is 0 Å². The molecule has 0 radical (unpaired) electrons. The molecule has 0 spiro atoms. The second kappa shape index (κ2) is 6.83. The van der Waals surface area contributed by atoms with Crippen molar-refractivity contribution in [2.75, 3.05) is 11.5 Å². The largest absolute Gasteiger partial charge is 0.480 e. The molecule has 2 rings (SSSR count). The molecule has 20 heavy (non-hydrogen) atoms. The summed E-state index contributed by atoms with van der Waals surface area (Å²) in [5.74, 6) is 0.622. The van der Waals surface area contributed by atoms with Crippen LogP contribution in [0.2, 0.25) is 0 Å². The SMILES string of the molecule is CCSC(=S)N1[C@@H](C(=O)O)CS[C@@H]1c1ccc(C)cc1. The molecule has 0 saturated carbocycles. The predicted molar refractivity (Wildman–Crippen MR) is 90.4 cm³/mol. The van der Waals surface area contributed by atoms with Gasteiger partial charge in [-0.3, -0.25) is 0 Å². The van der Waals surface area contributed by atoms with Gasteiger partial charge in [0, 0.05) is 5.75 Å². The fourth-order valence-corrected chi connectivity index (χ4v) is 4.88. The quantitative estimate of drug-likeness (QED) is 0.857. The second-order valence-corrected chi connectivity index (χ2v) is 7.57. The Morgan fingerprint density at radius 2 is 2.15 bits per heavy atom. The van der Waals surface area contributed by atoms with Crippen LogP contribution in [0, 0.1) is 6.92 Å². The number of thiocarbonyl (C=S) groups is 1. The highest BCUT2D eigenvalue weighted by Crippen LogP contribution is 2.43. The van der Waals surface area contributed by atoms with Gasteiger partial charge < -0.3 is 10.0 Å². The Morgan fingerprint density at radius 3 is 2.70 bits per heavy atom. The Morgan fingerprint density at radius 1 is 1.50 bits per heavy atom. The first kappa shape index (κ1) is 15.7. The van der Waals surface area contributed by atoms with Crippen molar-refractivity contribution >= 4 is 46.0 Å². The van der Waals surface area contributed by atoms with Crippen molar-refractivity contribution in [2.45, 2.75) is 25.3 Å². The molecule has 1 fully saturated rings. The Hall–Kier alpha value is -0.720. The van der Waals surface area contributed by atoms with Crippen molar-refractivity contribution in [1.29, 1.82) is 0 Å². The molecule has 108 valence electrons. The lowest BCUT2D eigenvalue weighted by atomic mass is 10.1. The molecule has 1 aliphatic heterocycles. The highest BCUT2D eigenvalue weighted by molar-refractivity contribution is 8.23. The van der Waals surface area contributed by atoms with Gasteiger partial charge >= 0.3 is 5.97 Å². The number of hydrogen-bond acceptors (Lipinski definition) is 4. The summed E-state index contributed by atoms with van der Waals surface area (Å²) in [5.41, 5.74) is 2.31. The van der Waals surface area contributed by atoms with Crippen LogP contribution in [0.15, 0.2) is 24.3 Å². The molecule has 1 saturated heterocycles. The molecule has 1 heterocycles. The monoisotopic (exact) mass is 327 g/mol. The van der Waals surface area contributed by atoms with Gasteiger partial charge in [0.05, 0.1) is 0 Å². The van der Waals surface area contributed by atoms with Crippen molar-refractivity contribution in [2.24, 2.45) is 0 Å². The molecular weight excluding hydrogens is 310 g/mol. The summed E-state index contributed by atoms with van der Waals surface area (Å²) in [6.07, 6.45) is 0. The zero-order valence-corrected chi connectivity index (χ0v) is 13.9. The highest BCUT2D eigenvalue weighted by Gasteiger charge is 2.40. The zero-order valence-electron chi connectivity index (χ0n) is 11.4. The van der Waals surface area contributed by atoms with Crippen LogP contribution in [0.25, 0.3) is 0 Å². The first-order valence-electron chi connectivity index (χ1n) is 6.40. The van der Waals surface area contributed by atoms with Gasteiger partial charge in [0.15, 0.2) is 0 Å². The maximum Gasteiger partial charge on any atom is 0.327 e. The second-order valence-electron chi connectivity index (χ2n) is 4.56. The third kappa shape index (κ3) is 3.30. The minimum absolute atomic E-state index is 0.00301. The van der Waals surface area contributed by atoms with Gasteiger partial charge in [-0.05, 0) is 18.2 Å². The van der Waals surface area contributed by atoms with Gasteiger partial charge in [-0.2, -0.15) is 0 Å². The van der Waals surface area contributed by atoms with E-state index in [9.17, 15) is 9.90 Å². The average molecular weight is 327 g/mol. The van der Waals surface area contributed by atoms with Gasteiger partial charge in [-0.1, -0.05) is 60.7 Å². The molecule has 2 atom stereocenters. The Balaban J connectivity index is 2.29. The lowest BCUT2D eigenvalue weighted by Gasteiger charge is -2.29. The number of benzene rings is 1. The Bertz CT molecular complexity index is 504. The van der Waals surface area contributed by atoms with Crippen LogP contribution < -0.4 is 0 Å². The van der Waals surface area contributed by atoms with Crippen LogP contribution in [0.3, 0.4) is 0 Å². The number of carbonyl (C=O) groups is 1. The summed E-state index contributed by atoms with van der Waals surface area (Å²) >= 11 is 8.60. The maximum absolute atomic E-state index is 11.4. The van der Waals surface area contributed by atoms with Gasteiger partial charge in [-0.15, -0.1) is 11.8 Å². The van der Waals surface area contributed by atoms with E-state index in [1.54, 1.807) is 11.8 Å². The van der Waals surface area contributed by atoms with E-state index in [1.807, 2.05) is 18.7 Å². The standard InChI is InChI=1S/C14H17NO2S3/c1-3-19-14(18)15-11(13(16)17)8-20-12(15)10-6-4-9(2)5-7-10/h4-7,11-12H,3,8H2,1-2H3,(H,16,17)/t11-,12-/m1/s1. The van der Waals surface area contributed by atoms with Crippen molar-refractivity contribution in [1.82, 2.24) is 4.90 Å². The van der Waals surface area contributed by atoms with Gasteiger partial charge in [0.25, 0.3) is 0 Å². The molecule has 1 aromatic rings. The summed E-state index contributed by atoms with van der Waals surface area (Å²) in [7, 11) is 0. The first-order chi connectivity index (χ1) is 9.54. The van der Waals surface area contributed by atoms with Gasteiger partial charge in [0.2, 0.25) is 0 Å². The summed E-state index contributed by atoms with van der Waals surface area (Å²) in [5, 5.41) is 9.39. The molecule has 3 nitrogen and oxygen atoms in total. The van der Waals surface area contributed by atoms with Crippen LogP contribution in [-0.4, -0.2) is 37.8 Å². The molecule has 6 heteroatoms. The normalized spacial score (nSPS) is 22.0. The summed E-state index contributed by atoms with van der Waals surface area (Å²) in [4.78, 5) is 13.3. The molecule has 0 unspecified atom stereocenters. The molecule has 0 bridgehead atoms. The van der Waals surface area contributed by atoms with Crippen LogP contribution >= 0.6 is 35.7 Å². The number of hydrogen-bond donors (Lipinski definition) is 1. The fraction of sp³-hybridized carbons (Fsp3) is 0.429. The van der Waals surface area contributed by atoms with Crippen LogP contribution in [0.4, 0.5) is 0 Å². The first-order valence-corrected chi connectivity index (χ1v) is 8.85. The number of rotatable bonds is 3. The summed E-state index contributed by atoms with van der Waals surface area (Å²) in [6, 6.07) is 7.70. The van der Waals surface area contributed by atoms with Gasteiger partial charge in [-0.25, -0.2) is 4.79 Å². The van der Waals surface area contributed by atoms with E-state index < -0.39 is 12.0 Å². The van der Waals surface area contributed by atoms with E-state index >= 15 is 0 Å². The van der Waals surface area contributed by atoms with E-state index in [1.165, 1.54) is 17.3 Å². The third-order valence-electron chi connectivity index (χ3n) is 3.13. The van der Waals surface area contributed by atoms with E-state index in [2.05, 4.69) is 24.3 Å². The van der Waals surface area contributed by atoms with Crippen molar-refractivity contribution in [3.8, 4) is 0 Å². The molecule has 0 aromatic heterocycles. The lowest BCUT2D eigenvalue weighted by Crippen LogP contribution is -2.41. The number of thioether (sulfide) groups is 2. The Kier molecular flexibility index (Phi) is 5.35. The number of aliphatic carboxylic acids is 1. The van der Waals surface area contributed by atoms with Crippen molar-refractivity contribution < 1.29 is 9.90 Å². The highest BCUT2D eigenvalue weighted by atomic mass is 32.2. The zero-order chi connectivity index (χ0) is 14.7.